The van der Waals surface area contributed by atoms with E-state index >= 15 is 0 Å². The quantitative estimate of drug-likeness (QED) is 0.160. The molecular formula is C25H23F3N4O6. The normalized spacial score (nSPS) is 15.9. The molecule has 2 aromatic heterocycles. The number of alkyl halides is 3. The SMILES string of the molecule is O=[N+]([O-])c1cn2c(n1)OC(C(CCCOc1ccc(OC(F)(F)F)cc1)Oc1ccc3[nH]ccc3c1)CC2. The summed E-state index contributed by atoms with van der Waals surface area (Å²) in [5.74, 6) is 0.437. The van der Waals surface area contributed by atoms with E-state index in [0.717, 1.165) is 10.9 Å². The Labute approximate surface area is 214 Å². The maximum absolute atomic E-state index is 12.3. The van der Waals surface area contributed by atoms with Gasteiger partial charge >= 0.3 is 18.2 Å². The van der Waals surface area contributed by atoms with Crippen molar-refractivity contribution in [2.24, 2.45) is 0 Å². The Morgan fingerprint density at radius 3 is 2.68 bits per heavy atom. The zero-order chi connectivity index (χ0) is 26.7. The van der Waals surface area contributed by atoms with Gasteiger partial charge < -0.3 is 34.0 Å². The first-order chi connectivity index (χ1) is 18.2. The van der Waals surface area contributed by atoms with Gasteiger partial charge in [0.15, 0.2) is 0 Å². The summed E-state index contributed by atoms with van der Waals surface area (Å²) < 4.78 is 60.5. The Morgan fingerprint density at radius 2 is 1.92 bits per heavy atom. The van der Waals surface area contributed by atoms with Crippen molar-refractivity contribution >= 4 is 16.7 Å². The average Bonchev–Trinajstić information content (AvgIpc) is 3.52. The van der Waals surface area contributed by atoms with Crippen LogP contribution in [0.25, 0.3) is 10.9 Å². The van der Waals surface area contributed by atoms with Gasteiger partial charge in [0.2, 0.25) is 0 Å². The maximum Gasteiger partial charge on any atom is 0.573 e. The summed E-state index contributed by atoms with van der Waals surface area (Å²) in [5, 5.41) is 12.1. The summed E-state index contributed by atoms with van der Waals surface area (Å²) in [5.41, 5.74) is 0.970. The van der Waals surface area contributed by atoms with Gasteiger partial charge in [-0.25, -0.2) is 0 Å². The minimum Gasteiger partial charge on any atom is -0.494 e. The van der Waals surface area contributed by atoms with Crippen LogP contribution >= 0.6 is 0 Å². The van der Waals surface area contributed by atoms with E-state index in [1.54, 1.807) is 4.57 Å². The highest BCUT2D eigenvalue weighted by Crippen LogP contribution is 2.30. The molecule has 3 heterocycles. The van der Waals surface area contributed by atoms with Crippen molar-refractivity contribution in [3.05, 3.63) is 71.0 Å². The highest BCUT2D eigenvalue weighted by molar-refractivity contribution is 5.80. The van der Waals surface area contributed by atoms with Gasteiger partial charge in [-0.3, -0.25) is 4.57 Å². The number of fused-ring (bicyclic) bond motifs is 2. The van der Waals surface area contributed by atoms with Crippen molar-refractivity contribution in [1.29, 1.82) is 0 Å². The smallest absolute Gasteiger partial charge is 0.494 e. The Balaban J connectivity index is 1.23. The second-order valence-electron chi connectivity index (χ2n) is 8.67. The number of ether oxygens (including phenoxy) is 4. The minimum absolute atomic E-state index is 0.167. The Hall–Kier alpha value is -4.42. The molecule has 1 aliphatic rings. The number of H-pyrrole nitrogens is 1. The molecule has 0 saturated heterocycles. The lowest BCUT2D eigenvalue weighted by atomic mass is 10.0. The number of hydrogen-bond acceptors (Lipinski definition) is 7. The number of aryl methyl sites for hydroxylation is 1. The van der Waals surface area contributed by atoms with Gasteiger partial charge in [-0.2, -0.15) is 0 Å². The Morgan fingerprint density at radius 1 is 1.16 bits per heavy atom. The maximum atomic E-state index is 12.3. The van der Waals surface area contributed by atoms with Gasteiger partial charge in [0.1, 0.15) is 35.7 Å². The monoisotopic (exact) mass is 532 g/mol. The van der Waals surface area contributed by atoms with Gasteiger partial charge in [0, 0.05) is 35.0 Å². The summed E-state index contributed by atoms with van der Waals surface area (Å²) in [7, 11) is 0. The Kier molecular flexibility index (Phi) is 6.99. The second kappa shape index (κ2) is 10.5. The highest BCUT2D eigenvalue weighted by atomic mass is 19.4. The van der Waals surface area contributed by atoms with Gasteiger partial charge in [0.05, 0.1) is 6.61 Å². The molecule has 0 spiro atoms. The number of aromatic amines is 1. The fourth-order valence-electron chi connectivity index (χ4n) is 4.26. The van der Waals surface area contributed by atoms with Crippen molar-refractivity contribution in [3.63, 3.8) is 0 Å². The molecule has 5 rings (SSSR count). The highest BCUT2D eigenvalue weighted by Gasteiger charge is 2.34. The number of imidazole rings is 1. The fraction of sp³-hybridized carbons (Fsp3) is 0.320. The first-order valence-electron chi connectivity index (χ1n) is 11.8. The zero-order valence-electron chi connectivity index (χ0n) is 19.9. The van der Waals surface area contributed by atoms with Crippen LogP contribution in [0.5, 0.6) is 23.3 Å². The second-order valence-corrected chi connectivity index (χ2v) is 8.67. The van der Waals surface area contributed by atoms with Crippen LogP contribution in [0.4, 0.5) is 19.0 Å². The van der Waals surface area contributed by atoms with E-state index in [2.05, 4.69) is 14.7 Å². The van der Waals surface area contributed by atoms with E-state index in [4.69, 9.17) is 14.2 Å². The van der Waals surface area contributed by atoms with Crippen molar-refractivity contribution in [2.45, 2.75) is 44.4 Å². The molecule has 1 N–H and O–H groups in total. The standard InChI is InChI=1S/C25H23F3N4O6/c26-25(27,28)38-18-5-3-17(4-6-18)35-13-1-2-21(36-19-7-8-20-16(14-19)9-11-29-20)22-10-12-31-15-23(32(33)34)30-24(31)37-22/h3-9,11,14-15,21-22,29H,1-2,10,12-13H2. The van der Waals surface area contributed by atoms with Crippen molar-refractivity contribution < 1.29 is 37.0 Å². The summed E-state index contributed by atoms with van der Waals surface area (Å²) in [4.78, 5) is 17.6. The first-order valence-corrected chi connectivity index (χ1v) is 11.8. The summed E-state index contributed by atoms with van der Waals surface area (Å²) in [6.45, 7) is 0.767. The number of rotatable bonds is 10. The van der Waals surface area contributed by atoms with Crippen LogP contribution in [0.15, 0.2) is 60.9 Å². The third kappa shape index (κ3) is 6.10. The van der Waals surface area contributed by atoms with Crippen LogP contribution in [-0.2, 0) is 6.54 Å². The van der Waals surface area contributed by atoms with Crippen molar-refractivity contribution in [1.82, 2.24) is 14.5 Å². The molecule has 38 heavy (non-hydrogen) atoms. The number of halogens is 3. The molecule has 0 fully saturated rings. The zero-order valence-corrected chi connectivity index (χ0v) is 19.9. The topological polar surface area (TPSA) is 114 Å². The van der Waals surface area contributed by atoms with Crippen molar-refractivity contribution in [2.75, 3.05) is 6.61 Å². The van der Waals surface area contributed by atoms with Crippen LogP contribution in [-0.4, -0.2) is 44.6 Å². The molecule has 0 bridgehead atoms. The lowest BCUT2D eigenvalue weighted by Gasteiger charge is -2.30. The predicted molar refractivity (Wildman–Crippen MR) is 128 cm³/mol. The fourth-order valence-corrected chi connectivity index (χ4v) is 4.26. The summed E-state index contributed by atoms with van der Waals surface area (Å²) >= 11 is 0. The lowest BCUT2D eigenvalue weighted by molar-refractivity contribution is -0.389. The van der Waals surface area contributed by atoms with Gasteiger partial charge in [0.25, 0.3) is 0 Å². The molecule has 0 radical (unpaired) electrons. The van der Waals surface area contributed by atoms with Crippen LogP contribution in [0, 0.1) is 10.1 Å². The molecular weight excluding hydrogens is 509 g/mol. The molecule has 2 unspecified atom stereocenters. The van der Waals surface area contributed by atoms with Gasteiger partial charge in [-0.05, 0) is 66.3 Å². The molecule has 2 atom stereocenters. The lowest BCUT2D eigenvalue weighted by Crippen LogP contribution is -2.40. The largest absolute Gasteiger partial charge is 0.573 e. The molecule has 4 aromatic rings. The van der Waals surface area contributed by atoms with E-state index in [1.165, 1.54) is 30.5 Å². The van der Waals surface area contributed by atoms with Crippen LogP contribution in [0.2, 0.25) is 0 Å². The van der Waals surface area contributed by atoms with Gasteiger partial charge in [-0.1, -0.05) is 0 Å². The molecule has 0 amide bonds. The van der Waals surface area contributed by atoms with E-state index in [0.29, 0.717) is 37.3 Å². The number of aromatic nitrogens is 3. The van der Waals surface area contributed by atoms with E-state index < -0.39 is 23.5 Å². The summed E-state index contributed by atoms with van der Waals surface area (Å²) in [6, 6.07) is 12.9. The molecule has 10 nitrogen and oxygen atoms in total. The van der Waals surface area contributed by atoms with Crippen LogP contribution < -0.4 is 18.9 Å². The number of nitrogens with one attached hydrogen (secondary N) is 1. The number of nitrogens with zero attached hydrogens (tertiary/aromatic N) is 3. The van der Waals surface area contributed by atoms with Crippen molar-refractivity contribution in [3.8, 4) is 23.3 Å². The predicted octanol–water partition coefficient (Wildman–Crippen LogP) is 5.63. The molecule has 13 heteroatoms. The first kappa shape index (κ1) is 25.2. The minimum atomic E-state index is -4.76. The molecule has 0 aliphatic carbocycles. The molecule has 0 saturated carbocycles. The number of benzene rings is 2. The summed E-state index contributed by atoms with van der Waals surface area (Å²) in [6.07, 6.45) is -0.777. The van der Waals surface area contributed by atoms with E-state index in [-0.39, 0.29) is 24.2 Å². The van der Waals surface area contributed by atoms with E-state index in [1.807, 2.05) is 30.5 Å². The number of nitro groups is 1. The molecule has 200 valence electrons. The van der Waals surface area contributed by atoms with Gasteiger partial charge in [-0.15, -0.1) is 13.2 Å². The molecule has 1 aliphatic heterocycles. The third-order valence-corrected chi connectivity index (χ3v) is 6.01. The average molecular weight is 532 g/mol. The van der Waals surface area contributed by atoms with Crippen LogP contribution in [0.3, 0.4) is 0 Å². The van der Waals surface area contributed by atoms with Crippen LogP contribution in [0.1, 0.15) is 19.3 Å². The third-order valence-electron chi connectivity index (χ3n) is 6.01. The molecule has 2 aromatic carbocycles. The van der Waals surface area contributed by atoms with E-state index in [9.17, 15) is 23.3 Å². The Bertz CT molecular complexity index is 1400. The number of hydrogen-bond donors (Lipinski definition) is 1.